The molecule has 2 rings (SSSR count). The van der Waals surface area contributed by atoms with Crippen molar-refractivity contribution < 1.29 is 4.39 Å². The van der Waals surface area contributed by atoms with Crippen LogP contribution in [0.5, 0.6) is 0 Å². The van der Waals surface area contributed by atoms with Crippen LogP contribution in [-0.4, -0.2) is 4.98 Å². The molecule has 0 saturated carbocycles. The van der Waals surface area contributed by atoms with E-state index in [2.05, 4.69) is 4.98 Å². The number of fused-ring (bicyclic) bond motifs is 1. The lowest BCUT2D eigenvalue weighted by Crippen LogP contribution is -1.93. The molecule has 0 aliphatic heterocycles. The topological polar surface area (TPSA) is 38.9 Å². The molecule has 3 heteroatoms. The van der Waals surface area contributed by atoms with Crippen LogP contribution in [0.15, 0.2) is 24.3 Å². The number of benzene rings is 1. The highest BCUT2D eigenvalue weighted by Gasteiger charge is 2.04. The number of aryl methyl sites for hydroxylation is 1. The second-order valence-electron chi connectivity index (χ2n) is 3.00. The van der Waals surface area contributed by atoms with Crippen molar-refractivity contribution in [3.63, 3.8) is 0 Å². The first-order valence-electron chi connectivity index (χ1n) is 4.00. The molecule has 13 heavy (non-hydrogen) atoms. The molecule has 2 aromatic rings. The minimum Gasteiger partial charge on any atom is -0.384 e. The Hall–Kier alpha value is -1.64. The molecule has 0 radical (unpaired) electrons. The van der Waals surface area contributed by atoms with Crippen LogP contribution < -0.4 is 5.73 Å². The molecule has 0 saturated heterocycles. The molecule has 0 fully saturated rings. The third-order valence-corrected chi connectivity index (χ3v) is 2.02. The van der Waals surface area contributed by atoms with Crippen molar-refractivity contribution in [3.8, 4) is 0 Å². The molecule has 0 unspecified atom stereocenters. The van der Waals surface area contributed by atoms with Crippen LogP contribution in [0.4, 0.5) is 10.2 Å². The lowest BCUT2D eigenvalue weighted by atomic mass is 10.1. The zero-order valence-corrected chi connectivity index (χ0v) is 7.21. The number of aromatic nitrogens is 1. The van der Waals surface area contributed by atoms with Gasteiger partial charge in [0, 0.05) is 5.39 Å². The molecule has 1 heterocycles. The molecule has 2 N–H and O–H groups in total. The van der Waals surface area contributed by atoms with E-state index in [-0.39, 0.29) is 5.82 Å². The van der Waals surface area contributed by atoms with E-state index in [1.54, 1.807) is 25.1 Å². The summed E-state index contributed by atoms with van der Waals surface area (Å²) in [6.07, 6.45) is 0. The number of hydrogen-bond donors (Lipinski definition) is 1. The Morgan fingerprint density at radius 3 is 2.69 bits per heavy atom. The smallest absolute Gasteiger partial charge is 0.152 e. The van der Waals surface area contributed by atoms with Gasteiger partial charge in [0.1, 0.15) is 11.3 Å². The quantitative estimate of drug-likeness (QED) is 0.668. The van der Waals surface area contributed by atoms with Gasteiger partial charge in [-0.05, 0) is 24.6 Å². The molecule has 0 atom stereocenters. The lowest BCUT2D eigenvalue weighted by Gasteiger charge is -2.01. The largest absolute Gasteiger partial charge is 0.384 e. The Morgan fingerprint density at radius 2 is 1.92 bits per heavy atom. The second kappa shape index (κ2) is 2.69. The van der Waals surface area contributed by atoms with Gasteiger partial charge in [-0.15, -0.1) is 0 Å². The van der Waals surface area contributed by atoms with E-state index in [1.165, 1.54) is 0 Å². The SMILES string of the molecule is Cc1ccc2ccc(N)nc2c1F. The highest BCUT2D eigenvalue weighted by molar-refractivity contribution is 5.81. The minimum atomic E-state index is -0.287. The van der Waals surface area contributed by atoms with E-state index in [9.17, 15) is 4.39 Å². The van der Waals surface area contributed by atoms with E-state index >= 15 is 0 Å². The average Bonchev–Trinajstić information content (AvgIpc) is 2.12. The number of halogens is 1. The second-order valence-corrected chi connectivity index (χ2v) is 3.00. The van der Waals surface area contributed by atoms with Crippen LogP contribution in [-0.2, 0) is 0 Å². The first kappa shape index (κ1) is 7.98. The van der Waals surface area contributed by atoms with Gasteiger partial charge in [-0.2, -0.15) is 0 Å². The number of pyridine rings is 1. The number of anilines is 1. The maximum atomic E-state index is 13.5. The number of rotatable bonds is 0. The summed E-state index contributed by atoms with van der Waals surface area (Å²) >= 11 is 0. The van der Waals surface area contributed by atoms with Crippen LogP contribution in [0.2, 0.25) is 0 Å². The van der Waals surface area contributed by atoms with E-state index < -0.39 is 0 Å². The van der Waals surface area contributed by atoms with Crippen LogP contribution in [0, 0.1) is 12.7 Å². The molecule has 1 aromatic carbocycles. The normalized spacial score (nSPS) is 10.6. The molecule has 0 aliphatic carbocycles. The molecule has 1 aromatic heterocycles. The molecule has 2 nitrogen and oxygen atoms in total. The van der Waals surface area contributed by atoms with Gasteiger partial charge < -0.3 is 5.73 Å². The van der Waals surface area contributed by atoms with Crippen molar-refractivity contribution in [2.45, 2.75) is 6.92 Å². The summed E-state index contributed by atoms with van der Waals surface area (Å²) in [5.41, 5.74) is 6.40. The lowest BCUT2D eigenvalue weighted by molar-refractivity contribution is 0.628. The van der Waals surface area contributed by atoms with Crippen LogP contribution in [0.3, 0.4) is 0 Å². The van der Waals surface area contributed by atoms with Crippen molar-refractivity contribution in [2.75, 3.05) is 5.73 Å². The Kier molecular flexibility index (Phi) is 1.65. The van der Waals surface area contributed by atoms with Gasteiger partial charge in [0.15, 0.2) is 5.82 Å². The summed E-state index contributed by atoms with van der Waals surface area (Å²) in [4.78, 5) is 3.94. The fourth-order valence-electron chi connectivity index (χ4n) is 1.27. The van der Waals surface area contributed by atoms with Gasteiger partial charge in [0.2, 0.25) is 0 Å². The van der Waals surface area contributed by atoms with Crippen molar-refractivity contribution >= 4 is 16.7 Å². The van der Waals surface area contributed by atoms with Gasteiger partial charge in [-0.1, -0.05) is 12.1 Å². The maximum absolute atomic E-state index is 13.5. The first-order valence-corrected chi connectivity index (χ1v) is 4.00. The summed E-state index contributed by atoms with van der Waals surface area (Å²) < 4.78 is 13.5. The predicted octanol–water partition coefficient (Wildman–Crippen LogP) is 2.26. The van der Waals surface area contributed by atoms with Crippen LogP contribution in [0.25, 0.3) is 10.9 Å². The zero-order chi connectivity index (χ0) is 9.42. The molecule has 0 spiro atoms. The average molecular weight is 176 g/mol. The van der Waals surface area contributed by atoms with E-state index in [0.29, 0.717) is 16.9 Å². The van der Waals surface area contributed by atoms with Gasteiger partial charge in [0.25, 0.3) is 0 Å². The minimum absolute atomic E-state index is 0.287. The molecule has 66 valence electrons. The van der Waals surface area contributed by atoms with Crippen molar-refractivity contribution in [3.05, 3.63) is 35.6 Å². The molecular weight excluding hydrogens is 167 g/mol. The summed E-state index contributed by atoms with van der Waals surface area (Å²) in [5, 5.41) is 0.775. The number of nitrogens with zero attached hydrogens (tertiary/aromatic N) is 1. The van der Waals surface area contributed by atoms with Crippen molar-refractivity contribution in [1.29, 1.82) is 0 Å². The first-order chi connectivity index (χ1) is 6.18. The summed E-state index contributed by atoms with van der Waals surface area (Å²) in [5.74, 6) is 0.0572. The summed E-state index contributed by atoms with van der Waals surface area (Å²) in [6, 6.07) is 6.99. The predicted molar refractivity (Wildman–Crippen MR) is 50.9 cm³/mol. The van der Waals surface area contributed by atoms with Crippen LogP contribution >= 0.6 is 0 Å². The number of nitrogens with two attached hydrogens (primary N) is 1. The fourth-order valence-corrected chi connectivity index (χ4v) is 1.27. The standard InChI is InChI=1S/C10H9FN2/c1-6-2-3-7-4-5-8(12)13-10(7)9(6)11/h2-5H,1H3,(H2,12,13). The van der Waals surface area contributed by atoms with Crippen molar-refractivity contribution in [1.82, 2.24) is 4.98 Å². The maximum Gasteiger partial charge on any atom is 0.152 e. The summed E-state index contributed by atoms with van der Waals surface area (Å²) in [7, 11) is 0. The van der Waals surface area contributed by atoms with Crippen molar-refractivity contribution in [2.24, 2.45) is 0 Å². The van der Waals surface area contributed by atoms with Gasteiger partial charge >= 0.3 is 0 Å². The van der Waals surface area contributed by atoms with Gasteiger partial charge in [-0.25, -0.2) is 9.37 Å². The molecular formula is C10H9FN2. The van der Waals surface area contributed by atoms with Crippen LogP contribution in [0.1, 0.15) is 5.56 Å². The fraction of sp³-hybridized carbons (Fsp3) is 0.100. The molecule has 0 aliphatic rings. The van der Waals surface area contributed by atoms with E-state index in [1.807, 2.05) is 6.07 Å². The monoisotopic (exact) mass is 176 g/mol. The third-order valence-electron chi connectivity index (χ3n) is 2.02. The number of hydrogen-bond acceptors (Lipinski definition) is 2. The molecule has 0 bridgehead atoms. The van der Waals surface area contributed by atoms with Gasteiger partial charge in [-0.3, -0.25) is 0 Å². The zero-order valence-electron chi connectivity index (χ0n) is 7.21. The highest BCUT2D eigenvalue weighted by Crippen LogP contribution is 2.19. The third kappa shape index (κ3) is 1.22. The van der Waals surface area contributed by atoms with E-state index in [4.69, 9.17) is 5.73 Å². The summed E-state index contributed by atoms with van der Waals surface area (Å²) in [6.45, 7) is 1.71. The highest BCUT2D eigenvalue weighted by atomic mass is 19.1. The molecule has 0 amide bonds. The Balaban J connectivity index is 2.89. The Morgan fingerprint density at radius 1 is 1.23 bits per heavy atom. The number of nitrogen functional groups attached to an aromatic ring is 1. The van der Waals surface area contributed by atoms with Gasteiger partial charge in [0.05, 0.1) is 0 Å². The van der Waals surface area contributed by atoms with E-state index in [0.717, 1.165) is 5.39 Å². The Labute approximate surface area is 75.2 Å². The Bertz CT molecular complexity index is 460.